The van der Waals surface area contributed by atoms with Gasteiger partial charge in [0.2, 0.25) is 5.91 Å². The number of benzene rings is 2. The van der Waals surface area contributed by atoms with Crippen molar-refractivity contribution < 1.29 is 32.2 Å². The quantitative estimate of drug-likeness (QED) is 0.194. The fourth-order valence-electron chi connectivity index (χ4n) is 8.71. The Balaban J connectivity index is 1.000. The molecule has 2 amide bonds. The van der Waals surface area contributed by atoms with Gasteiger partial charge in [0.15, 0.2) is 0 Å². The fourth-order valence-corrected chi connectivity index (χ4v) is 8.71. The normalized spacial score (nSPS) is 20.7. The summed E-state index contributed by atoms with van der Waals surface area (Å²) in [6.07, 6.45) is 2.86. The molecule has 3 aromatic rings. The number of piperidine rings is 1. The maximum absolute atomic E-state index is 13.7. The van der Waals surface area contributed by atoms with E-state index in [0.717, 1.165) is 126 Å². The summed E-state index contributed by atoms with van der Waals surface area (Å²) < 4.78 is 52.1. The summed E-state index contributed by atoms with van der Waals surface area (Å²) in [5.41, 5.74) is 6.73. The summed E-state index contributed by atoms with van der Waals surface area (Å²) in [5.74, 6) is 2.82. The van der Waals surface area contributed by atoms with Gasteiger partial charge in [-0.1, -0.05) is 0 Å². The van der Waals surface area contributed by atoms with E-state index in [4.69, 9.17) is 15.2 Å². The molecule has 2 saturated heterocycles. The van der Waals surface area contributed by atoms with Crippen molar-refractivity contribution in [3.63, 3.8) is 0 Å². The van der Waals surface area contributed by atoms with Crippen molar-refractivity contribution in [3.05, 3.63) is 52.8 Å². The Kier molecular flexibility index (Phi) is 13.1. The van der Waals surface area contributed by atoms with Crippen LogP contribution in [0.5, 0.6) is 5.75 Å². The number of halogens is 3. The standard InChI is InChI=1S/C43H60F3N7O4/c1-27(32-22-33(43(44,45)46)24-34(47)23-32)48-39-36-25-35(38(56-6)26-37(36)49-28(2)50-39)30-9-11-31(12-10-30)40(54)52-20-18-51(19-21-52)15-7-8-29-13-16-53(17-14-29)41(55)57-42(3,4)5/h22-27,29-31H,7-21,47H2,1-6H3,(H,48,49,50)/t27-,30?,31?/m1/s1. The average Bonchev–Trinajstić information content (AvgIpc) is 3.16. The second-order valence-electron chi connectivity index (χ2n) is 17.3. The number of hydrogen-bond acceptors (Lipinski definition) is 9. The van der Waals surface area contributed by atoms with E-state index in [9.17, 15) is 22.8 Å². The van der Waals surface area contributed by atoms with Crippen LogP contribution in [0.1, 0.15) is 114 Å². The third kappa shape index (κ3) is 10.8. The molecule has 0 unspecified atom stereocenters. The van der Waals surface area contributed by atoms with E-state index in [-0.39, 0.29) is 29.5 Å². The largest absolute Gasteiger partial charge is 0.496 e. The van der Waals surface area contributed by atoms with E-state index >= 15 is 0 Å². The number of nitrogens with one attached hydrogen (secondary N) is 1. The second-order valence-corrected chi connectivity index (χ2v) is 17.3. The number of rotatable bonds is 10. The van der Waals surface area contributed by atoms with Gasteiger partial charge < -0.3 is 30.3 Å². The Morgan fingerprint density at radius 3 is 2.23 bits per heavy atom. The van der Waals surface area contributed by atoms with Crippen LogP contribution in [-0.2, 0) is 15.7 Å². The highest BCUT2D eigenvalue weighted by Gasteiger charge is 2.34. The number of carbonyl (C=O) groups is 2. The number of nitrogen functional groups attached to an aromatic ring is 1. The summed E-state index contributed by atoms with van der Waals surface area (Å²) in [7, 11) is 1.64. The Labute approximate surface area is 334 Å². The maximum atomic E-state index is 13.7. The maximum Gasteiger partial charge on any atom is 0.416 e. The van der Waals surface area contributed by atoms with Crippen molar-refractivity contribution in [1.82, 2.24) is 24.7 Å². The molecular formula is C43H60F3N7O4. The number of methoxy groups -OCH3 is 1. The van der Waals surface area contributed by atoms with Crippen molar-refractivity contribution in [2.45, 2.75) is 110 Å². The molecule has 312 valence electrons. The molecule has 2 aromatic carbocycles. The van der Waals surface area contributed by atoms with Gasteiger partial charge in [0, 0.05) is 62.3 Å². The van der Waals surface area contributed by atoms with Gasteiger partial charge in [-0.25, -0.2) is 14.8 Å². The third-order valence-corrected chi connectivity index (χ3v) is 11.9. The van der Waals surface area contributed by atoms with Crippen LogP contribution < -0.4 is 15.8 Å². The highest BCUT2D eigenvalue weighted by Crippen LogP contribution is 2.43. The van der Waals surface area contributed by atoms with Crippen LogP contribution in [0.4, 0.5) is 29.5 Å². The number of likely N-dealkylation sites (tertiary alicyclic amines) is 1. The molecule has 2 aliphatic heterocycles. The van der Waals surface area contributed by atoms with Crippen LogP contribution in [-0.4, -0.2) is 95.2 Å². The Hall–Kier alpha value is -4.33. The van der Waals surface area contributed by atoms with Gasteiger partial charge >= 0.3 is 12.3 Å². The first-order valence-electron chi connectivity index (χ1n) is 20.6. The van der Waals surface area contributed by atoms with Crippen LogP contribution in [0.25, 0.3) is 10.9 Å². The lowest BCUT2D eigenvalue weighted by molar-refractivity contribution is -0.138. The topological polar surface area (TPSA) is 126 Å². The lowest BCUT2D eigenvalue weighted by atomic mass is 9.77. The van der Waals surface area contributed by atoms with E-state index in [1.54, 1.807) is 27.0 Å². The summed E-state index contributed by atoms with van der Waals surface area (Å²) in [4.78, 5) is 41.8. The number of alkyl halides is 3. The van der Waals surface area contributed by atoms with Crippen LogP contribution in [0, 0.1) is 18.8 Å². The molecule has 3 aliphatic rings. The minimum Gasteiger partial charge on any atom is -0.496 e. The first kappa shape index (κ1) is 42.3. The molecule has 0 spiro atoms. The van der Waals surface area contributed by atoms with Gasteiger partial charge in [-0.3, -0.25) is 9.69 Å². The van der Waals surface area contributed by atoms with Gasteiger partial charge in [-0.15, -0.1) is 0 Å². The predicted molar refractivity (Wildman–Crippen MR) is 216 cm³/mol. The van der Waals surface area contributed by atoms with Crippen molar-refractivity contribution in [1.29, 1.82) is 0 Å². The summed E-state index contributed by atoms with van der Waals surface area (Å²) >= 11 is 0. The average molecular weight is 796 g/mol. The van der Waals surface area contributed by atoms with Crippen LogP contribution >= 0.6 is 0 Å². The van der Waals surface area contributed by atoms with Gasteiger partial charge in [-0.05, 0) is 140 Å². The number of hydrogen-bond donors (Lipinski definition) is 2. The molecule has 0 radical (unpaired) electrons. The number of nitrogens with two attached hydrogens (primary N) is 1. The smallest absolute Gasteiger partial charge is 0.416 e. The number of piperazine rings is 1. The number of nitrogens with zero attached hydrogens (tertiary/aromatic N) is 5. The predicted octanol–water partition coefficient (Wildman–Crippen LogP) is 8.57. The number of ether oxygens (including phenoxy) is 2. The lowest BCUT2D eigenvalue weighted by Gasteiger charge is -2.38. The van der Waals surface area contributed by atoms with Crippen LogP contribution in [0.2, 0.25) is 0 Å². The summed E-state index contributed by atoms with van der Waals surface area (Å²) in [5, 5.41) is 4.08. The minimum absolute atomic E-state index is 0.00486. The van der Waals surface area contributed by atoms with Crippen molar-refractivity contribution in [2.24, 2.45) is 11.8 Å². The van der Waals surface area contributed by atoms with Gasteiger partial charge in [-0.2, -0.15) is 13.2 Å². The summed E-state index contributed by atoms with van der Waals surface area (Å²) in [6.45, 7) is 15.1. The minimum atomic E-state index is -4.51. The summed E-state index contributed by atoms with van der Waals surface area (Å²) in [6, 6.07) is 7.02. The Morgan fingerprint density at radius 2 is 1.60 bits per heavy atom. The molecule has 57 heavy (non-hydrogen) atoms. The monoisotopic (exact) mass is 795 g/mol. The lowest BCUT2D eigenvalue weighted by Crippen LogP contribution is -2.50. The zero-order valence-electron chi connectivity index (χ0n) is 34.4. The first-order chi connectivity index (χ1) is 27.0. The molecule has 14 heteroatoms. The van der Waals surface area contributed by atoms with E-state index in [0.29, 0.717) is 28.6 Å². The van der Waals surface area contributed by atoms with Gasteiger partial charge in [0.05, 0.1) is 24.2 Å². The molecule has 11 nitrogen and oxygen atoms in total. The number of anilines is 2. The molecule has 3 fully saturated rings. The number of fused-ring (bicyclic) bond motifs is 1. The Bertz CT molecular complexity index is 1880. The number of carbonyl (C=O) groups excluding carboxylic acids is 2. The molecule has 1 saturated carbocycles. The molecule has 1 aromatic heterocycles. The molecular weight excluding hydrogens is 736 g/mol. The van der Waals surface area contributed by atoms with Crippen molar-refractivity contribution >= 4 is 34.4 Å². The Morgan fingerprint density at radius 1 is 0.912 bits per heavy atom. The highest BCUT2D eigenvalue weighted by atomic mass is 19.4. The van der Waals surface area contributed by atoms with E-state index in [1.807, 2.05) is 37.8 Å². The number of amides is 2. The highest BCUT2D eigenvalue weighted by molar-refractivity contribution is 5.91. The molecule has 3 heterocycles. The molecule has 1 aliphatic carbocycles. The fraction of sp³-hybridized carbons (Fsp3) is 0.628. The molecule has 1 atom stereocenters. The molecule has 0 bridgehead atoms. The van der Waals surface area contributed by atoms with Crippen LogP contribution in [0.15, 0.2) is 30.3 Å². The SMILES string of the molecule is COc1cc2nc(C)nc(N[C@H](C)c3cc(N)cc(C(F)(F)F)c3)c2cc1C1CCC(C(=O)N2CCN(CCCC3CCN(C(=O)OC(C)(C)C)CC3)CC2)CC1. The zero-order valence-corrected chi connectivity index (χ0v) is 34.4. The molecule has 6 rings (SSSR count). The number of aromatic nitrogens is 2. The van der Waals surface area contributed by atoms with Crippen molar-refractivity contribution in [3.8, 4) is 5.75 Å². The third-order valence-electron chi connectivity index (χ3n) is 11.9. The first-order valence-corrected chi connectivity index (χ1v) is 20.6. The zero-order chi connectivity index (χ0) is 41.1. The van der Waals surface area contributed by atoms with E-state index in [2.05, 4.69) is 25.1 Å². The van der Waals surface area contributed by atoms with Crippen molar-refractivity contribution in [2.75, 3.05) is 64.0 Å². The van der Waals surface area contributed by atoms with E-state index in [1.165, 1.54) is 0 Å². The molecule has 3 N–H and O–H groups in total. The number of aryl methyl sites for hydroxylation is 1. The van der Waals surface area contributed by atoms with E-state index < -0.39 is 23.4 Å². The van der Waals surface area contributed by atoms with Gasteiger partial charge in [0.1, 0.15) is 23.0 Å². The second kappa shape index (κ2) is 17.7. The van der Waals surface area contributed by atoms with Crippen LogP contribution in [0.3, 0.4) is 0 Å². The van der Waals surface area contributed by atoms with Gasteiger partial charge in [0.25, 0.3) is 0 Å².